The lowest BCUT2D eigenvalue weighted by Crippen LogP contribution is -2.38. The molecule has 3 nitrogen and oxygen atoms in total. The number of carbonyl (C=O) groups is 1. The first kappa shape index (κ1) is 17.0. The van der Waals surface area contributed by atoms with Crippen molar-refractivity contribution in [3.63, 3.8) is 0 Å². The molecule has 2 aromatic rings. The molecule has 0 radical (unpaired) electrons. The number of nitrogens with one attached hydrogen (secondary N) is 1. The van der Waals surface area contributed by atoms with Gasteiger partial charge in [0.25, 0.3) is 5.91 Å². The van der Waals surface area contributed by atoms with E-state index < -0.39 is 23.2 Å². The lowest BCUT2D eigenvalue weighted by Gasteiger charge is -2.24. The number of hydrogen-bond donors (Lipinski definition) is 2. The van der Waals surface area contributed by atoms with Crippen LogP contribution in [-0.2, 0) is 11.8 Å². The molecule has 0 aliphatic carbocycles. The lowest BCUT2D eigenvalue weighted by atomic mass is 9.96. The number of rotatable bonds is 4. The van der Waals surface area contributed by atoms with Crippen molar-refractivity contribution < 1.29 is 23.1 Å². The van der Waals surface area contributed by atoms with Crippen LogP contribution in [0.15, 0.2) is 54.6 Å². The molecule has 2 aromatic carbocycles. The van der Waals surface area contributed by atoms with Gasteiger partial charge in [0.2, 0.25) is 0 Å². The van der Waals surface area contributed by atoms with Crippen molar-refractivity contribution in [1.29, 1.82) is 0 Å². The molecular formula is C17H16F3NO2. The highest BCUT2D eigenvalue weighted by Crippen LogP contribution is 2.29. The number of halogens is 3. The third-order valence-corrected chi connectivity index (χ3v) is 3.44. The molecule has 0 aliphatic heterocycles. The van der Waals surface area contributed by atoms with Crippen LogP contribution in [0.25, 0.3) is 0 Å². The molecule has 2 N–H and O–H groups in total. The summed E-state index contributed by atoms with van der Waals surface area (Å²) >= 11 is 0. The summed E-state index contributed by atoms with van der Waals surface area (Å²) in [5.41, 5.74) is -1.72. The standard InChI is InChI=1S/C17H16F3NO2/c1-16(23,13-7-3-2-4-8-13)11-21-15(22)12-6-5-9-14(10-12)17(18,19)20/h2-10,23H,11H2,1H3,(H,21,22). The average Bonchev–Trinajstić information content (AvgIpc) is 2.53. The van der Waals surface area contributed by atoms with E-state index in [1.165, 1.54) is 19.1 Å². The molecule has 0 aliphatic rings. The summed E-state index contributed by atoms with van der Waals surface area (Å²) < 4.78 is 38.0. The molecule has 2 rings (SSSR count). The van der Waals surface area contributed by atoms with Crippen LogP contribution in [0.4, 0.5) is 13.2 Å². The van der Waals surface area contributed by atoms with Crippen LogP contribution in [0.3, 0.4) is 0 Å². The molecular weight excluding hydrogens is 307 g/mol. The van der Waals surface area contributed by atoms with E-state index in [2.05, 4.69) is 5.32 Å². The predicted octanol–water partition coefficient (Wildman–Crippen LogP) is 3.34. The number of aliphatic hydroxyl groups is 1. The zero-order valence-electron chi connectivity index (χ0n) is 12.4. The molecule has 0 fully saturated rings. The van der Waals surface area contributed by atoms with E-state index in [9.17, 15) is 23.1 Å². The van der Waals surface area contributed by atoms with Crippen molar-refractivity contribution in [2.75, 3.05) is 6.54 Å². The van der Waals surface area contributed by atoms with E-state index in [-0.39, 0.29) is 12.1 Å². The van der Waals surface area contributed by atoms with Gasteiger partial charge in [0.15, 0.2) is 0 Å². The SMILES string of the molecule is CC(O)(CNC(=O)c1cccc(C(F)(F)F)c1)c1ccccc1. The largest absolute Gasteiger partial charge is 0.416 e. The molecule has 0 spiro atoms. The van der Waals surface area contributed by atoms with Gasteiger partial charge in [-0.1, -0.05) is 36.4 Å². The summed E-state index contributed by atoms with van der Waals surface area (Å²) in [6.45, 7) is 1.40. The summed E-state index contributed by atoms with van der Waals surface area (Å²) in [5, 5.41) is 12.8. The number of amides is 1. The van der Waals surface area contributed by atoms with E-state index in [1.807, 2.05) is 0 Å². The third-order valence-electron chi connectivity index (χ3n) is 3.44. The Kier molecular flexibility index (Phi) is 4.75. The minimum Gasteiger partial charge on any atom is -0.384 e. The summed E-state index contributed by atoms with van der Waals surface area (Å²) in [6, 6.07) is 12.9. The maximum atomic E-state index is 12.7. The van der Waals surface area contributed by atoms with Crippen LogP contribution < -0.4 is 5.32 Å². The fraction of sp³-hybridized carbons (Fsp3) is 0.235. The first-order chi connectivity index (χ1) is 10.7. The Hall–Kier alpha value is -2.34. The topological polar surface area (TPSA) is 49.3 Å². The Balaban J connectivity index is 2.08. The zero-order valence-corrected chi connectivity index (χ0v) is 12.4. The summed E-state index contributed by atoms with van der Waals surface area (Å²) in [4.78, 5) is 12.0. The summed E-state index contributed by atoms with van der Waals surface area (Å²) in [5.74, 6) is -0.674. The molecule has 0 saturated carbocycles. The van der Waals surface area contributed by atoms with Crippen LogP contribution in [0.5, 0.6) is 0 Å². The van der Waals surface area contributed by atoms with Crippen LogP contribution >= 0.6 is 0 Å². The molecule has 122 valence electrons. The molecule has 1 amide bonds. The van der Waals surface area contributed by atoms with E-state index in [0.29, 0.717) is 5.56 Å². The van der Waals surface area contributed by atoms with Crippen molar-refractivity contribution in [2.24, 2.45) is 0 Å². The molecule has 0 bridgehead atoms. The number of benzene rings is 2. The van der Waals surface area contributed by atoms with E-state index >= 15 is 0 Å². The summed E-state index contributed by atoms with van der Waals surface area (Å²) in [6.07, 6.45) is -4.51. The molecule has 0 heterocycles. The summed E-state index contributed by atoms with van der Waals surface area (Å²) in [7, 11) is 0. The third kappa shape index (κ3) is 4.32. The van der Waals surface area contributed by atoms with Gasteiger partial charge in [0, 0.05) is 5.56 Å². The number of alkyl halides is 3. The van der Waals surface area contributed by atoms with Gasteiger partial charge in [0.1, 0.15) is 5.60 Å². The fourth-order valence-corrected chi connectivity index (χ4v) is 2.09. The Morgan fingerprint density at radius 2 is 1.65 bits per heavy atom. The van der Waals surface area contributed by atoms with Crippen LogP contribution in [-0.4, -0.2) is 17.6 Å². The predicted molar refractivity (Wildman–Crippen MR) is 79.8 cm³/mol. The fourth-order valence-electron chi connectivity index (χ4n) is 2.09. The van der Waals surface area contributed by atoms with Gasteiger partial charge in [-0.25, -0.2) is 0 Å². The van der Waals surface area contributed by atoms with Gasteiger partial charge in [-0.2, -0.15) is 13.2 Å². The van der Waals surface area contributed by atoms with Gasteiger partial charge in [-0.3, -0.25) is 4.79 Å². The van der Waals surface area contributed by atoms with Crippen molar-refractivity contribution in [3.8, 4) is 0 Å². The van der Waals surface area contributed by atoms with Gasteiger partial charge in [-0.05, 0) is 30.7 Å². The number of hydrogen-bond acceptors (Lipinski definition) is 2. The quantitative estimate of drug-likeness (QED) is 0.906. The Morgan fingerprint density at radius 3 is 2.26 bits per heavy atom. The van der Waals surface area contributed by atoms with E-state index in [1.54, 1.807) is 30.3 Å². The van der Waals surface area contributed by atoms with Crippen molar-refractivity contribution in [1.82, 2.24) is 5.32 Å². The van der Waals surface area contributed by atoms with E-state index in [4.69, 9.17) is 0 Å². The van der Waals surface area contributed by atoms with Crippen LogP contribution in [0.1, 0.15) is 28.4 Å². The van der Waals surface area contributed by atoms with Gasteiger partial charge in [-0.15, -0.1) is 0 Å². The second kappa shape index (κ2) is 6.42. The molecule has 6 heteroatoms. The monoisotopic (exact) mass is 323 g/mol. The molecule has 1 unspecified atom stereocenters. The molecule has 23 heavy (non-hydrogen) atoms. The molecule has 1 atom stereocenters. The zero-order chi connectivity index (χ0) is 17.1. The maximum absolute atomic E-state index is 12.7. The van der Waals surface area contributed by atoms with Crippen LogP contribution in [0.2, 0.25) is 0 Å². The second-order valence-electron chi connectivity index (χ2n) is 5.40. The van der Waals surface area contributed by atoms with Gasteiger partial charge < -0.3 is 10.4 Å². The molecule has 0 saturated heterocycles. The smallest absolute Gasteiger partial charge is 0.384 e. The second-order valence-corrected chi connectivity index (χ2v) is 5.40. The van der Waals surface area contributed by atoms with E-state index in [0.717, 1.165) is 12.1 Å². The van der Waals surface area contributed by atoms with Crippen molar-refractivity contribution in [2.45, 2.75) is 18.7 Å². The first-order valence-electron chi connectivity index (χ1n) is 6.93. The van der Waals surface area contributed by atoms with Crippen molar-refractivity contribution >= 4 is 5.91 Å². The molecule has 0 aromatic heterocycles. The number of carbonyl (C=O) groups excluding carboxylic acids is 1. The highest BCUT2D eigenvalue weighted by molar-refractivity contribution is 5.94. The Bertz CT molecular complexity index is 682. The minimum atomic E-state index is -4.51. The highest BCUT2D eigenvalue weighted by atomic mass is 19.4. The highest BCUT2D eigenvalue weighted by Gasteiger charge is 2.31. The lowest BCUT2D eigenvalue weighted by molar-refractivity contribution is -0.137. The average molecular weight is 323 g/mol. The van der Waals surface area contributed by atoms with Crippen molar-refractivity contribution in [3.05, 3.63) is 71.3 Å². The minimum absolute atomic E-state index is 0.108. The van der Waals surface area contributed by atoms with Gasteiger partial charge >= 0.3 is 6.18 Å². The van der Waals surface area contributed by atoms with Gasteiger partial charge in [0.05, 0.1) is 12.1 Å². The Morgan fingerprint density at radius 1 is 1.04 bits per heavy atom. The van der Waals surface area contributed by atoms with Crippen LogP contribution in [0, 0.1) is 0 Å². The maximum Gasteiger partial charge on any atom is 0.416 e. The Labute approximate surface area is 131 Å². The first-order valence-corrected chi connectivity index (χ1v) is 6.93. The normalized spacial score (nSPS) is 14.1.